The third-order valence-corrected chi connectivity index (χ3v) is 9.41. The van der Waals surface area contributed by atoms with Gasteiger partial charge in [-0.1, -0.05) is 54.6 Å². The summed E-state index contributed by atoms with van der Waals surface area (Å²) in [6.07, 6.45) is -3.51. The molecule has 0 spiro atoms. The molecule has 1 amide bonds. The maximum atomic E-state index is 14.0. The molecule has 1 atom stereocenters. The molecule has 0 saturated heterocycles. The van der Waals surface area contributed by atoms with Crippen LogP contribution in [0.2, 0.25) is 0 Å². The number of carboxylic acids is 1. The van der Waals surface area contributed by atoms with E-state index in [-0.39, 0.29) is 36.5 Å². The number of hydrogen-bond donors (Lipinski definition) is 2. The second-order valence-corrected chi connectivity index (χ2v) is 12.6. The van der Waals surface area contributed by atoms with Crippen LogP contribution in [0, 0.1) is 0 Å². The number of amides is 1. The molecule has 8 nitrogen and oxygen atoms in total. The van der Waals surface area contributed by atoms with Gasteiger partial charge in [-0.2, -0.15) is 13.2 Å². The lowest BCUT2D eigenvalue weighted by Gasteiger charge is -2.26. The van der Waals surface area contributed by atoms with Gasteiger partial charge in [0.25, 0.3) is 10.0 Å². The smallest absolute Gasteiger partial charge is 0.416 e. The summed E-state index contributed by atoms with van der Waals surface area (Å²) in [6, 6.07) is 23.4. The average Bonchev–Trinajstić information content (AvgIpc) is 3.44. The second kappa shape index (κ2) is 13.7. The standard InChI is InChI=1S/C34H31F3N2O6S/c35-34(36,37)27-9-4-8-25(21-27)24-13-15-29(16-14-24)46(43,44)39-30-11-2-1-7-26(30)22-31(39)33(42)38-18-17-23-6-3-10-28(20-23)45-19-5-12-32(40)41/h1-4,6-11,13-16,20-21,31H,5,12,17-19,22H2,(H,38,42)(H,40,41)/t31-/m0/s1. The molecule has 4 aromatic carbocycles. The van der Waals surface area contributed by atoms with Crippen molar-refractivity contribution in [1.82, 2.24) is 5.32 Å². The number of halogens is 3. The number of carboxylic acid groups (broad SMARTS) is 1. The van der Waals surface area contributed by atoms with E-state index < -0.39 is 39.7 Å². The molecule has 0 saturated carbocycles. The van der Waals surface area contributed by atoms with Crippen LogP contribution in [0.4, 0.5) is 18.9 Å². The first-order valence-electron chi connectivity index (χ1n) is 14.5. The average molecular weight is 653 g/mol. The Morgan fingerprint density at radius 1 is 0.913 bits per heavy atom. The number of nitrogens with one attached hydrogen (secondary N) is 1. The van der Waals surface area contributed by atoms with Crippen molar-refractivity contribution in [2.24, 2.45) is 0 Å². The van der Waals surface area contributed by atoms with E-state index >= 15 is 0 Å². The highest BCUT2D eigenvalue weighted by Gasteiger charge is 2.42. The number of hydrogen-bond acceptors (Lipinski definition) is 5. The van der Waals surface area contributed by atoms with Crippen LogP contribution in [0.25, 0.3) is 11.1 Å². The highest BCUT2D eigenvalue weighted by molar-refractivity contribution is 7.93. The van der Waals surface area contributed by atoms with Gasteiger partial charge in [0.1, 0.15) is 11.8 Å². The third-order valence-electron chi connectivity index (χ3n) is 7.58. The van der Waals surface area contributed by atoms with Gasteiger partial charge < -0.3 is 15.2 Å². The normalized spacial score (nSPS) is 14.5. The number of carbonyl (C=O) groups excluding carboxylic acids is 1. The third kappa shape index (κ3) is 7.51. The van der Waals surface area contributed by atoms with Crippen LogP contribution in [0.15, 0.2) is 102 Å². The van der Waals surface area contributed by atoms with E-state index in [1.165, 1.54) is 36.4 Å². The zero-order valence-corrected chi connectivity index (χ0v) is 25.4. The van der Waals surface area contributed by atoms with Crippen molar-refractivity contribution in [2.75, 3.05) is 17.5 Å². The Morgan fingerprint density at radius 2 is 1.65 bits per heavy atom. The minimum atomic E-state index is -4.51. The minimum Gasteiger partial charge on any atom is -0.494 e. The van der Waals surface area contributed by atoms with E-state index in [0.29, 0.717) is 35.4 Å². The molecular weight excluding hydrogens is 621 g/mol. The number of aliphatic carboxylic acids is 1. The number of benzene rings is 4. The number of carbonyl (C=O) groups is 2. The number of fused-ring (bicyclic) bond motifs is 1. The molecule has 0 fully saturated rings. The SMILES string of the molecule is O=C(O)CCCOc1cccc(CCNC(=O)[C@@H]2Cc3ccccc3N2S(=O)(=O)c2ccc(-c3cccc(C(F)(F)F)c3)cc2)c1. The van der Waals surface area contributed by atoms with Crippen LogP contribution >= 0.6 is 0 Å². The Kier molecular flexibility index (Phi) is 9.66. The van der Waals surface area contributed by atoms with Gasteiger partial charge in [-0.15, -0.1) is 0 Å². The number of sulfonamides is 1. The number of ether oxygens (including phenoxy) is 1. The number of rotatable bonds is 12. The van der Waals surface area contributed by atoms with E-state index in [1.807, 2.05) is 6.07 Å². The molecule has 0 aromatic heterocycles. The molecule has 12 heteroatoms. The van der Waals surface area contributed by atoms with Gasteiger partial charge in [-0.25, -0.2) is 8.42 Å². The van der Waals surface area contributed by atoms with Crippen molar-refractivity contribution in [1.29, 1.82) is 0 Å². The molecule has 1 heterocycles. The lowest BCUT2D eigenvalue weighted by molar-refractivity contribution is -0.138. The van der Waals surface area contributed by atoms with Gasteiger partial charge in [0, 0.05) is 19.4 Å². The summed E-state index contributed by atoms with van der Waals surface area (Å²) in [4.78, 5) is 24.0. The fraction of sp³-hybridized carbons (Fsp3) is 0.235. The molecule has 0 bridgehead atoms. The highest BCUT2D eigenvalue weighted by Crippen LogP contribution is 2.38. The van der Waals surface area contributed by atoms with Crippen LogP contribution in [-0.2, 0) is 38.6 Å². The summed E-state index contributed by atoms with van der Waals surface area (Å²) >= 11 is 0. The van der Waals surface area contributed by atoms with Gasteiger partial charge in [-0.05, 0) is 77.6 Å². The molecule has 240 valence electrons. The summed E-state index contributed by atoms with van der Waals surface area (Å²) in [5.41, 5.74) is 1.85. The zero-order valence-electron chi connectivity index (χ0n) is 24.5. The van der Waals surface area contributed by atoms with Crippen LogP contribution in [0.1, 0.15) is 29.5 Å². The summed E-state index contributed by atoms with van der Waals surface area (Å²) in [5.74, 6) is -0.782. The van der Waals surface area contributed by atoms with E-state index in [4.69, 9.17) is 9.84 Å². The fourth-order valence-electron chi connectivity index (χ4n) is 5.31. The topological polar surface area (TPSA) is 113 Å². The van der Waals surface area contributed by atoms with Crippen LogP contribution in [0.5, 0.6) is 5.75 Å². The summed E-state index contributed by atoms with van der Waals surface area (Å²) in [7, 11) is -4.24. The van der Waals surface area contributed by atoms with Crippen molar-refractivity contribution in [3.8, 4) is 16.9 Å². The fourth-order valence-corrected chi connectivity index (χ4v) is 6.96. The molecule has 0 unspecified atom stereocenters. The predicted octanol–water partition coefficient (Wildman–Crippen LogP) is 6.09. The van der Waals surface area contributed by atoms with Gasteiger partial charge in [0.2, 0.25) is 5.91 Å². The Balaban J connectivity index is 1.29. The maximum absolute atomic E-state index is 14.0. The van der Waals surface area contributed by atoms with Gasteiger partial charge in [-0.3, -0.25) is 13.9 Å². The van der Waals surface area contributed by atoms with E-state index in [1.54, 1.807) is 42.5 Å². The molecule has 46 heavy (non-hydrogen) atoms. The lowest BCUT2D eigenvalue weighted by Crippen LogP contribution is -2.48. The first kappa shape index (κ1) is 32.6. The summed E-state index contributed by atoms with van der Waals surface area (Å²) in [5, 5.41) is 11.6. The number of anilines is 1. The lowest BCUT2D eigenvalue weighted by atomic mass is 10.0. The minimum absolute atomic E-state index is 0.00855. The molecule has 5 rings (SSSR count). The Bertz CT molecular complexity index is 1830. The van der Waals surface area contributed by atoms with Gasteiger partial charge in [0.05, 0.1) is 22.8 Å². The van der Waals surface area contributed by atoms with Gasteiger partial charge >= 0.3 is 12.1 Å². The largest absolute Gasteiger partial charge is 0.494 e. The maximum Gasteiger partial charge on any atom is 0.416 e. The Morgan fingerprint density at radius 3 is 2.39 bits per heavy atom. The van der Waals surface area contributed by atoms with E-state index in [9.17, 15) is 31.2 Å². The Hall–Kier alpha value is -4.84. The summed E-state index contributed by atoms with van der Waals surface area (Å²) in [6.45, 7) is 0.487. The van der Waals surface area contributed by atoms with Crippen molar-refractivity contribution in [3.05, 3.63) is 114 Å². The van der Waals surface area contributed by atoms with Crippen molar-refractivity contribution in [2.45, 2.75) is 42.8 Å². The van der Waals surface area contributed by atoms with Crippen LogP contribution < -0.4 is 14.4 Å². The molecule has 0 aliphatic carbocycles. The molecule has 2 N–H and O–H groups in total. The molecular formula is C34H31F3N2O6S. The van der Waals surface area contributed by atoms with Crippen LogP contribution in [0.3, 0.4) is 0 Å². The van der Waals surface area contributed by atoms with Crippen molar-refractivity contribution >= 4 is 27.6 Å². The van der Waals surface area contributed by atoms with Gasteiger partial charge in [0.15, 0.2) is 0 Å². The molecule has 0 radical (unpaired) electrons. The molecule has 1 aliphatic rings. The first-order valence-corrected chi connectivity index (χ1v) is 16.0. The quantitative estimate of drug-likeness (QED) is 0.179. The zero-order chi connectivity index (χ0) is 32.9. The second-order valence-electron chi connectivity index (χ2n) is 10.8. The number of para-hydroxylation sites is 1. The first-order chi connectivity index (χ1) is 21.9. The number of nitrogens with zero attached hydrogens (tertiary/aromatic N) is 1. The van der Waals surface area contributed by atoms with E-state index in [2.05, 4.69) is 5.32 Å². The van der Waals surface area contributed by atoms with Crippen molar-refractivity contribution in [3.63, 3.8) is 0 Å². The molecule has 1 aliphatic heterocycles. The van der Waals surface area contributed by atoms with E-state index in [0.717, 1.165) is 22.0 Å². The monoisotopic (exact) mass is 652 g/mol. The van der Waals surface area contributed by atoms with Crippen molar-refractivity contribution < 1.29 is 41.0 Å². The summed E-state index contributed by atoms with van der Waals surface area (Å²) < 4.78 is 74.3. The molecule has 4 aromatic rings. The predicted molar refractivity (Wildman–Crippen MR) is 166 cm³/mol. The highest BCUT2D eigenvalue weighted by atomic mass is 32.2. The van der Waals surface area contributed by atoms with Crippen LogP contribution in [-0.4, -0.2) is 44.6 Å². The number of alkyl halides is 3. The Labute approximate surface area is 264 Å².